The molecule has 3 aromatic rings. The average Bonchev–Trinajstić information content (AvgIpc) is 2.95. The molecule has 1 saturated heterocycles. The van der Waals surface area contributed by atoms with Crippen LogP contribution in [-0.4, -0.2) is 39.7 Å². The van der Waals surface area contributed by atoms with Crippen LogP contribution in [0.2, 0.25) is 0 Å². The third-order valence-corrected chi connectivity index (χ3v) is 3.93. The van der Waals surface area contributed by atoms with Gasteiger partial charge in [-0.1, -0.05) is 12.1 Å². The molecule has 0 amide bonds. The van der Waals surface area contributed by atoms with E-state index in [4.69, 9.17) is 9.72 Å². The molecule has 1 fully saturated rings. The highest BCUT2D eigenvalue weighted by Gasteiger charge is 2.25. The van der Waals surface area contributed by atoms with Gasteiger partial charge >= 0.3 is 0 Å². The Morgan fingerprint density at radius 3 is 2.71 bits per heavy atom. The number of nitrogens with zero attached hydrogens (tertiary/aromatic N) is 4. The van der Waals surface area contributed by atoms with E-state index in [9.17, 15) is 0 Å². The summed E-state index contributed by atoms with van der Waals surface area (Å²) in [6.07, 6.45) is 4.24. The van der Waals surface area contributed by atoms with Gasteiger partial charge in [-0.3, -0.25) is 4.40 Å². The van der Waals surface area contributed by atoms with Crippen molar-refractivity contribution in [3.05, 3.63) is 36.7 Å². The molecular formula is C16H18N4O. The van der Waals surface area contributed by atoms with Crippen LogP contribution in [-0.2, 0) is 4.74 Å². The van der Waals surface area contributed by atoms with E-state index in [-0.39, 0.29) is 12.2 Å². The summed E-state index contributed by atoms with van der Waals surface area (Å²) in [6, 6.07) is 8.17. The fourth-order valence-corrected chi connectivity index (χ4v) is 3.15. The van der Waals surface area contributed by atoms with E-state index >= 15 is 0 Å². The lowest BCUT2D eigenvalue weighted by atomic mass is 10.2. The molecule has 0 aliphatic carbocycles. The van der Waals surface area contributed by atoms with Crippen LogP contribution in [0, 0.1) is 0 Å². The summed E-state index contributed by atoms with van der Waals surface area (Å²) in [5.41, 5.74) is 2.99. The highest BCUT2D eigenvalue weighted by atomic mass is 16.5. The van der Waals surface area contributed by atoms with E-state index in [0.717, 1.165) is 35.6 Å². The Morgan fingerprint density at radius 2 is 1.90 bits per heavy atom. The van der Waals surface area contributed by atoms with E-state index in [2.05, 4.69) is 34.2 Å². The van der Waals surface area contributed by atoms with Crippen molar-refractivity contribution in [2.45, 2.75) is 26.1 Å². The van der Waals surface area contributed by atoms with Crippen LogP contribution in [0.5, 0.6) is 0 Å². The Balaban J connectivity index is 1.92. The van der Waals surface area contributed by atoms with Gasteiger partial charge in [-0.05, 0) is 26.0 Å². The molecule has 0 saturated carbocycles. The number of imidazole rings is 1. The van der Waals surface area contributed by atoms with Gasteiger partial charge in [0.15, 0.2) is 11.5 Å². The Bertz CT molecular complexity index is 787. The third kappa shape index (κ3) is 2.05. The molecule has 1 aromatic carbocycles. The maximum absolute atomic E-state index is 5.82. The molecule has 0 N–H and O–H groups in total. The Morgan fingerprint density at radius 1 is 1.14 bits per heavy atom. The predicted molar refractivity (Wildman–Crippen MR) is 82.7 cm³/mol. The zero-order chi connectivity index (χ0) is 14.4. The van der Waals surface area contributed by atoms with Crippen molar-refractivity contribution in [3.63, 3.8) is 0 Å². The van der Waals surface area contributed by atoms with E-state index in [1.165, 1.54) is 0 Å². The molecule has 4 rings (SSSR count). The second kappa shape index (κ2) is 4.70. The standard InChI is InChI=1S/C16H18N4O/c1-11-9-19(10-12(2)21-11)16-15-17-7-8-20(15)14-6-4-3-5-13(14)18-16/h3-8,11-12H,9-10H2,1-2H3. The summed E-state index contributed by atoms with van der Waals surface area (Å²) in [6.45, 7) is 5.90. The number of aromatic nitrogens is 3. The van der Waals surface area contributed by atoms with Crippen molar-refractivity contribution < 1.29 is 4.74 Å². The van der Waals surface area contributed by atoms with Crippen molar-refractivity contribution in [2.24, 2.45) is 0 Å². The van der Waals surface area contributed by atoms with Gasteiger partial charge in [-0.15, -0.1) is 0 Å². The number of hydrogen-bond acceptors (Lipinski definition) is 4. The third-order valence-electron chi connectivity index (χ3n) is 3.93. The number of ether oxygens (including phenoxy) is 1. The normalized spacial score (nSPS) is 23.0. The van der Waals surface area contributed by atoms with Crippen molar-refractivity contribution in [1.29, 1.82) is 0 Å². The number of benzene rings is 1. The van der Waals surface area contributed by atoms with Crippen LogP contribution in [0.25, 0.3) is 16.7 Å². The maximum atomic E-state index is 5.82. The molecule has 0 bridgehead atoms. The first kappa shape index (κ1) is 12.6. The monoisotopic (exact) mass is 282 g/mol. The van der Waals surface area contributed by atoms with Crippen molar-refractivity contribution in [2.75, 3.05) is 18.0 Å². The fourth-order valence-electron chi connectivity index (χ4n) is 3.15. The number of anilines is 1. The summed E-state index contributed by atoms with van der Waals surface area (Å²) >= 11 is 0. The lowest BCUT2D eigenvalue weighted by molar-refractivity contribution is -0.00537. The highest BCUT2D eigenvalue weighted by Crippen LogP contribution is 2.26. The number of hydrogen-bond donors (Lipinski definition) is 0. The van der Waals surface area contributed by atoms with Crippen LogP contribution in [0.3, 0.4) is 0 Å². The summed E-state index contributed by atoms with van der Waals surface area (Å²) in [5, 5.41) is 0. The minimum Gasteiger partial charge on any atom is -0.372 e. The summed E-state index contributed by atoms with van der Waals surface area (Å²) in [4.78, 5) is 11.7. The molecular weight excluding hydrogens is 264 g/mol. The van der Waals surface area contributed by atoms with E-state index in [0.29, 0.717) is 0 Å². The second-order valence-electron chi connectivity index (χ2n) is 5.71. The van der Waals surface area contributed by atoms with Crippen molar-refractivity contribution in [3.8, 4) is 0 Å². The molecule has 5 nitrogen and oxygen atoms in total. The fraction of sp³-hybridized carbons (Fsp3) is 0.375. The molecule has 108 valence electrons. The van der Waals surface area contributed by atoms with Gasteiger partial charge < -0.3 is 9.64 Å². The SMILES string of the molecule is CC1CN(c2nc3ccccc3n3ccnc23)CC(C)O1. The van der Waals surface area contributed by atoms with E-state index in [1.54, 1.807) is 0 Å². The zero-order valence-corrected chi connectivity index (χ0v) is 12.2. The minimum atomic E-state index is 0.206. The van der Waals surface area contributed by atoms with E-state index < -0.39 is 0 Å². The van der Waals surface area contributed by atoms with Crippen LogP contribution in [0.15, 0.2) is 36.7 Å². The first-order valence-electron chi connectivity index (χ1n) is 7.34. The van der Waals surface area contributed by atoms with Crippen LogP contribution in [0.1, 0.15) is 13.8 Å². The molecule has 2 atom stereocenters. The minimum absolute atomic E-state index is 0.206. The maximum Gasteiger partial charge on any atom is 0.180 e. The summed E-state index contributed by atoms with van der Waals surface area (Å²) in [7, 11) is 0. The van der Waals surface area contributed by atoms with Gasteiger partial charge in [-0.2, -0.15) is 0 Å². The van der Waals surface area contributed by atoms with Gasteiger partial charge in [0.25, 0.3) is 0 Å². The molecule has 0 radical (unpaired) electrons. The van der Waals surface area contributed by atoms with Gasteiger partial charge in [0.2, 0.25) is 0 Å². The average molecular weight is 282 g/mol. The largest absolute Gasteiger partial charge is 0.372 e. The smallest absolute Gasteiger partial charge is 0.180 e. The number of rotatable bonds is 1. The van der Waals surface area contributed by atoms with Crippen molar-refractivity contribution >= 4 is 22.5 Å². The lowest BCUT2D eigenvalue weighted by Crippen LogP contribution is -2.46. The van der Waals surface area contributed by atoms with Crippen LogP contribution < -0.4 is 4.90 Å². The van der Waals surface area contributed by atoms with Gasteiger partial charge in [-0.25, -0.2) is 9.97 Å². The van der Waals surface area contributed by atoms with Crippen LogP contribution in [0.4, 0.5) is 5.82 Å². The molecule has 5 heteroatoms. The topological polar surface area (TPSA) is 42.7 Å². The molecule has 3 heterocycles. The Hall–Kier alpha value is -2.14. The molecule has 2 aromatic heterocycles. The molecule has 2 unspecified atom stereocenters. The molecule has 0 spiro atoms. The molecule has 21 heavy (non-hydrogen) atoms. The second-order valence-corrected chi connectivity index (χ2v) is 5.71. The van der Waals surface area contributed by atoms with Crippen LogP contribution >= 0.6 is 0 Å². The lowest BCUT2D eigenvalue weighted by Gasteiger charge is -2.36. The Kier molecular flexibility index (Phi) is 2.82. The number of fused-ring (bicyclic) bond motifs is 3. The highest BCUT2D eigenvalue weighted by molar-refractivity contribution is 5.83. The molecule has 1 aliphatic heterocycles. The zero-order valence-electron chi connectivity index (χ0n) is 12.2. The first-order chi connectivity index (χ1) is 10.2. The number of morpholine rings is 1. The van der Waals surface area contributed by atoms with Gasteiger partial charge in [0.05, 0.1) is 23.2 Å². The quantitative estimate of drug-likeness (QED) is 0.688. The van der Waals surface area contributed by atoms with Crippen molar-refractivity contribution in [1.82, 2.24) is 14.4 Å². The van der Waals surface area contributed by atoms with E-state index in [1.807, 2.05) is 30.6 Å². The summed E-state index contributed by atoms with van der Waals surface area (Å²) < 4.78 is 7.94. The molecule has 1 aliphatic rings. The Labute approximate surface area is 123 Å². The first-order valence-corrected chi connectivity index (χ1v) is 7.34. The van der Waals surface area contributed by atoms with Gasteiger partial charge in [0, 0.05) is 25.5 Å². The number of para-hydroxylation sites is 2. The summed E-state index contributed by atoms with van der Waals surface area (Å²) in [5.74, 6) is 0.945. The predicted octanol–water partition coefficient (Wildman–Crippen LogP) is 2.50. The van der Waals surface area contributed by atoms with Gasteiger partial charge in [0.1, 0.15) is 0 Å².